The van der Waals surface area contributed by atoms with Crippen molar-refractivity contribution in [2.45, 2.75) is 24.9 Å². The van der Waals surface area contributed by atoms with E-state index in [2.05, 4.69) is 31.5 Å². The molecule has 1 aromatic carbocycles. The summed E-state index contributed by atoms with van der Waals surface area (Å²) in [7, 11) is 0. The van der Waals surface area contributed by atoms with Crippen LogP contribution < -0.4 is 16.4 Å². The fraction of sp³-hybridized carbons (Fsp3) is 0.250. The van der Waals surface area contributed by atoms with Gasteiger partial charge < -0.3 is 16.4 Å². The summed E-state index contributed by atoms with van der Waals surface area (Å²) in [4.78, 5) is 16.1. The predicted octanol–water partition coefficient (Wildman–Crippen LogP) is 3.35. The van der Waals surface area contributed by atoms with Crippen molar-refractivity contribution < 1.29 is 4.79 Å². The molecule has 2 aromatic rings. The highest BCUT2D eigenvalue weighted by Crippen LogP contribution is 2.32. The molecule has 120 valence electrons. The smallest absolute Gasteiger partial charge is 0.240 e. The summed E-state index contributed by atoms with van der Waals surface area (Å²) < 4.78 is 0.874. The van der Waals surface area contributed by atoms with E-state index in [1.165, 1.54) is 0 Å². The average Bonchev–Trinajstić information content (AvgIpc) is 3.28. The monoisotopic (exact) mass is 394 g/mol. The molecule has 23 heavy (non-hydrogen) atoms. The fourth-order valence-electron chi connectivity index (χ4n) is 2.06. The Kier molecular flexibility index (Phi) is 4.57. The van der Waals surface area contributed by atoms with Gasteiger partial charge in [-0.05, 0) is 59.1 Å². The van der Waals surface area contributed by atoms with Crippen molar-refractivity contribution in [3.63, 3.8) is 0 Å². The van der Waals surface area contributed by atoms with Gasteiger partial charge in [-0.1, -0.05) is 11.6 Å². The Hall–Kier alpha value is -1.63. The number of nitrogens with two attached hydrogens (primary N) is 1. The first-order chi connectivity index (χ1) is 11.0. The molecular formula is C16H16BrClN4O. The molecule has 1 aliphatic rings. The second-order valence-corrected chi connectivity index (χ2v) is 6.92. The van der Waals surface area contributed by atoms with Crippen molar-refractivity contribution in [1.29, 1.82) is 0 Å². The zero-order valence-corrected chi connectivity index (χ0v) is 14.6. The van der Waals surface area contributed by atoms with Crippen molar-refractivity contribution in [2.75, 3.05) is 5.32 Å². The first-order valence-electron chi connectivity index (χ1n) is 7.20. The highest BCUT2D eigenvalue weighted by Gasteiger charge is 2.45. The SMILES string of the molecule is NC1(C(=O)NCc2ccc(Nc3ccc(Cl)cc3Br)cn2)CC1. The topological polar surface area (TPSA) is 80.0 Å². The van der Waals surface area contributed by atoms with Crippen molar-refractivity contribution in [2.24, 2.45) is 5.73 Å². The number of rotatable bonds is 5. The van der Waals surface area contributed by atoms with Crippen molar-refractivity contribution >= 4 is 44.8 Å². The van der Waals surface area contributed by atoms with Crippen molar-refractivity contribution in [1.82, 2.24) is 10.3 Å². The fourth-order valence-corrected chi connectivity index (χ4v) is 2.84. The van der Waals surface area contributed by atoms with Crippen LogP contribution in [-0.2, 0) is 11.3 Å². The van der Waals surface area contributed by atoms with E-state index in [9.17, 15) is 4.79 Å². The molecule has 0 saturated heterocycles. The molecule has 1 aliphatic carbocycles. The van der Waals surface area contributed by atoms with Gasteiger partial charge in [-0.15, -0.1) is 0 Å². The maximum Gasteiger partial charge on any atom is 0.240 e. The van der Waals surface area contributed by atoms with Gasteiger partial charge in [0.25, 0.3) is 0 Å². The van der Waals surface area contributed by atoms with Crippen LogP contribution in [0.4, 0.5) is 11.4 Å². The van der Waals surface area contributed by atoms with Crippen LogP contribution in [0.5, 0.6) is 0 Å². The van der Waals surface area contributed by atoms with Gasteiger partial charge >= 0.3 is 0 Å². The molecule has 0 atom stereocenters. The molecule has 3 rings (SSSR count). The largest absolute Gasteiger partial charge is 0.353 e. The number of carbonyl (C=O) groups excluding carboxylic acids is 1. The van der Waals surface area contributed by atoms with Gasteiger partial charge in [-0.2, -0.15) is 0 Å². The van der Waals surface area contributed by atoms with Crippen LogP contribution in [0.15, 0.2) is 41.0 Å². The third-order valence-corrected chi connectivity index (χ3v) is 4.60. The maximum atomic E-state index is 11.8. The van der Waals surface area contributed by atoms with Crippen molar-refractivity contribution in [3.8, 4) is 0 Å². The van der Waals surface area contributed by atoms with Gasteiger partial charge in [0.2, 0.25) is 5.91 Å². The van der Waals surface area contributed by atoms with Gasteiger partial charge in [0.05, 0.1) is 35.3 Å². The van der Waals surface area contributed by atoms with E-state index in [1.54, 1.807) is 6.20 Å². The number of hydrogen-bond donors (Lipinski definition) is 3. The van der Waals surface area contributed by atoms with Gasteiger partial charge in [0.15, 0.2) is 0 Å². The molecule has 1 heterocycles. The van der Waals surface area contributed by atoms with Crippen LogP contribution in [0.25, 0.3) is 0 Å². The van der Waals surface area contributed by atoms with E-state index >= 15 is 0 Å². The first kappa shape index (κ1) is 16.2. The number of amides is 1. The lowest BCUT2D eigenvalue weighted by molar-refractivity contribution is -0.123. The standard InChI is InChI=1S/C16H16BrClN4O/c17-13-7-10(18)1-4-14(13)22-12-3-2-11(20-9-12)8-21-15(23)16(19)5-6-16/h1-4,7,9,22H,5-6,8,19H2,(H,21,23). The summed E-state index contributed by atoms with van der Waals surface area (Å²) in [5.74, 6) is -0.105. The highest BCUT2D eigenvalue weighted by atomic mass is 79.9. The number of nitrogens with one attached hydrogen (secondary N) is 2. The van der Waals surface area contributed by atoms with Gasteiger partial charge in [0, 0.05) is 9.50 Å². The van der Waals surface area contributed by atoms with E-state index in [4.69, 9.17) is 17.3 Å². The molecule has 0 radical (unpaired) electrons. The Morgan fingerprint density at radius 3 is 2.74 bits per heavy atom. The molecule has 7 heteroatoms. The quantitative estimate of drug-likeness (QED) is 0.725. The minimum atomic E-state index is -0.650. The van der Waals surface area contributed by atoms with E-state index in [-0.39, 0.29) is 5.91 Å². The Bertz CT molecular complexity index is 731. The Morgan fingerprint density at radius 1 is 1.35 bits per heavy atom. The molecule has 1 saturated carbocycles. The molecule has 5 nitrogen and oxygen atoms in total. The van der Waals surface area contributed by atoms with E-state index < -0.39 is 5.54 Å². The van der Waals surface area contributed by atoms with Crippen LogP contribution in [0.2, 0.25) is 5.02 Å². The normalized spacial score (nSPS) is 15.1. The second-order valence-electron chi connectivity index (χ2n) is 5.63. The lowest BCUT2D eigenvalue weighted by Gasteiger charge is -2.11. The molecule has 0 bridgehead atoms. The minimum Gasteiger partial charge on any atom is -0.353 e. The summed E-state index contributed by atoms with van der Waals surface area (Å²) in [5.41, 5.74) is 7.71. The van der Waals surface area contributed by atoms with Crippen molar-refractivity contribution in [3.05, 3.63) is 51.7 Å². The Morgan fingerprint density at radius 2 is 2.13 bits per heavy atom. The molecule has 0 spiro atoms. The lowest BCUT2D eigenvalue weighted by Crippen LogP contribution is -2.42. The maximum absolute atomic E-state index is 11.8. The van der Waals surface area contributed by atoms with Crippen LogP contribution in [0.1, 0.15) is 18.5 Å². The van der Waals surface area contributed by atoms with E-state index in [0.717, 1.165) is 34.4 Å². The predicted molar refractivity (Wildman–Crippen MR) is 94.7 cm³/mol. The number of pyridine rings is 1. The zero-order chi connectivity index (χ0) is 16.4. The number of anilines is 2. The van der Waals surface area contributed by atoms with Crippen LogP contribution in [0, 0.1) is 0 Å². The van der Waals surface area contributed by atoms with Gasteiger partial charge in [-0.3, -0.25) is 9.78 Å². The molecule has 0 unspecified atom stereocenters. The second kappa shape index (κ2) is 6.47. The molecule has 4 N–H and O–H groups in total. The summed E-state index contributed by atoms with van der Waals surface area (Å²) in [5, 5.41) is 6.73. The van der Waals surface area contributed by atoms with Crippen LogP contribution in [0.3, 0.4) is 0 Å². The first-order valence-corrected chi connectivity index (χ1v) is 8.38. The summed E-state index contributed by atoms with van der Waals surface area (Å²) in [6.07, 6.45) is 3.23. The Labute approximate surface area is 147 Å². The number of carbonyl (C=O) groups is 1. The van der Waals surface area contributed by atoms with E-state index in [1.807, 2.05) is 30.3 Å². The van der Waals surface area contributed by atoms with Gasteiger partial charge in [-0.25, -0.2) is 0 Å². The number of nitrogens with zero attached hydrogens (tertiary/aromatic N) is 1. The molecule has 1 fully saturated rings. The third-order valence-electron chi connectivity index (χ3n) is 3.71. The third kappa shape index (κ3) is 4.02. The molecule has 0 aliphatic heterocycles. The van der Waals surface area contributed by atoms with E-state index in [0.29, 0.717) is 11.6 Å². The Balaban J connectivity index is 1.59. The lowest BCUT2D eigenvalue weighted by atomic mass is 10.2. The number of benzene rings is 1. The molecule has 1 aromatic heterocycles. The van der Waals surface area contributed by atoms with Crippen LogP contribution in [-0.4, -0.2) is 16.4 Å². The molecule has 1 amide bonds. The average molecular weight is 396 g/mol. The zero-order valence-electron chi connectivity index (χ0n) is 12.3. The number of halogens is 2. The number of hydrogen-bond acceptors (Lipinski definition) is 4. The summed E-state index contributed by atoms with van der Waals surface area (Å²) >= 11 is 9.38. The molecular weight excluding hydrogens is 380 g/mol. The minimum absolute atomic E-state index is 0.105. The summed E-state index contributed by atoms with van der Waals surface area (Å²) in [6.45, 7) is 0.378. The number of aromatic nitrogens is 1. The summed E-state index contributed by atoms with van der Waals surface area (Å²) in [6, 6.07) is 9.29. The van der Waals surface area contributed by atoms with Crippen LogP contribution >= 0.6 is 27.5 Å². The van der Waals surface area contributed by atoms with Gasteiger partial charge in [0.1, 0.15) is 0 Å². The highest BCUT2D eigenvalue weighted by molar-refractivity contribution is 9.10.